The van der Waals surface area contributed by atoms with Crippen molar-refractivity contribution in [2.24, 2.45) is 0 Å². The zero-order valence-electron chi connectivity index (χ0n) is 11.3. The fourth-order valence-electron chi connectivity index (χ4n) is 2.10. The lowest BCUT2D eigenvalue weighted by atomic mass is 10.00. The largest absolute Gasteiger partial charge is 0.416 e. The third-order valence-electron chi connectivity index (χ3n) is 3.22. The molecule has 2 aromatic rings. The summed E-state index contributed by atoms with van der Waals surface area (Å²) >= 11 is 1.68. The highest BCUT2D eigenvalue weighted by Crippen LogP contribution is 2.30. The Morgan fingerprint density at radius 1 is 1.20 bits per heavy atom. The van der Waals surface area contributed by atoms with E-state index in [0.29, 0.717) is 6.42 Å². The van der Waals surface area contributed by atoms with Gasteiger partial charge in [0.25, 0.3) is 0 Å². The monoisotopic (exact) mass is 299 g/mol. The van der Waals surface area contributed by atoms with E-state index in [4.69, 9.17) is 0 Å². The van der Waals surface area contributed by atoms with Gasteiger partial charge in [0.1, 0.15) is 0 Å². The van der Waals surface area contributed by atoms with Crippen LogP contribution in [0.25, 0.3) is 0 Å². The van der Waals surface area contributed by atoms with Gasteiger partial charge < -0.3 is 5.32 Å². The van der Waals surface area contributed by atoms with E-state index in [2.05, 4.69) is 16.8 Å². The molecular formula is C15H16F3NS. The number of aryl methyl sites for hydroxylation is 1. The van der Waals surface area contributed by atoms with E-state index in [1.165, 1.54) is 10.4 Å². The maximum absolute atomic E-state index is 12.5. The van der Waals surface area contributed by atoms with Crippen molar-refractivity contribution in [3.8, 4) is 0 Å². The second kappa shape index (κ2) is 5.97. The van der Waals surface area contributed by atoms with Crippen molar-refractivity contribution in [2.45, 2.75) is 25.6 Å². The van der Waals surface area contributed by atoms with Gasteiger partial charge in [-0.05, 0) is 55.1 Å². The number of thiophene rings is 1. The van der Waals surface area contributed by atoms with Crippen LogP contribution in [0.15, 0.2) is 35.7 Å². The summed E-state index contributed by atoms with van der Waals surface area (Å²) in [5, 5.41) is 5.29. The second-order valence-corrected chi connectivity index (χ2v) is 5.85. The molecule has 0 aliphatic heterocycles. The lowest BCUT2D eigenvalue weighted by molar-refractivity contribution is -0.137. The molecule has 5 heteroatoms. The van der Waals surface area contributed by atoms with E-state index in [1.54, 1.807) is 23.5 Å². The number of nitrogens with one attached hydrogen (secondary N) is 1. The lowest BCUT2D eigenvalue weighted by Gasteiger charge is -2.15. The predicted molar refractivity (Wildman–Crippen MR) is 76.0 cm³/mol. The summed E-state index contributed by atoms with van der Waals surface area (Å²) in [6, 6.07) is 7.60. The van der Waals surface area contributed by atoms with Crippen LogP contribution in [-0.2, 0) is 12.6 Å². The number of rotatable bonds is 4. The smallest absolute Gasteiger partial charge is 0.313 e. The number of halogens is 3. The Balaban J connectivity index is 2.12. The van der Waals surface area contributed by atoms with Crippen molar-refractivity contribution >= 4 is 11.3 Å². The molecule has 0 saturated carbocycles. The fraction of sp³-hybridized carbons (Fsp3) is 0.333. The van der Waals surface area contributed by atoms with Gasteiger partial charge in [-0.15, -0.1) is 11.3 Å². The van der Waals surface area contributed by atoms with E-state index in [-0.39, 0.29) is 6.04 Å². The first-order chi connectivity index (χ1) is 9.40. The highest BCUT2D eigenvalue weighted by atomic mass is 32.1. The first-order valence-electron chi connectivity index (χ1n) is 6.28. The summed E-state index contributed by atoms with van der Waals surface area (Å²) in [7, 11) is 1.86. The van der Waals surface area contributed by atoms with Crippen molar-refractivity contribution in [1.82, 2.24) is 5.32 Å². The van der Waals surface area contributed by atoms with Gasteiger partial charge in [0.15, 0.2) is 0 Å². The average molecular weight is 299 g/mol. The van der Waals surface area contributed by atoms with Gasteiger partial charge in [-0.1, -0.05) is 12.1 Å². The average Bonchev–Trinajstić information content (AvgIpc) is 2.82. The van der Waals surface area contributed by atoms with Crippen LogP contribution in [0.4, 0.5) is 13.2 Å². The van der Waals surface area contributed by atoms with Crippen molar-refractivity contribution in [3.63, 3.8) is 0 Å². The highest BCUT2D eigenvalue weighted by Gasteiger charge is 2.30. The quantitative estimate of drug-likeness (QED) is 0.871. The minimum Gasteiger partial charge on any atom is -0.313 e. The molecule has 2 rings (SSSR count). The number of benzene rings is 1. The molecular weight excluding hydrogens is 283 g/mol. The summed E-state index contributed by atoms with van der Waals surface area (Å²) in [4.78, 5) is 1.23. The molecule has 0 amide bonds. The fourth-order valence-corrected chi connectivity index (χ4v) is 2.86. The molecule has 108 valence electrons. The molecule has 1 heterocycles. The van der Waals surface area contributed by atoms with Gasteiger partial charge in [0, 0.05) is 10.9 Å². The third kappa shape index (κ3) is 3.61. The lowest BCUT2D eigenvalue weighted by Crippen LogP contribution is -2.18. The van der Waals surface area contributed by atoms with E-state index in [9.17, 15) is 13.2 Å². The molecule has 1 aromatic heterocycles. The van der Waals surface area contributed by atoms with Crippen LogP contribution in [0.1, 0.15) is 27.6 Å². The van der Waals surface area contributed by atoms with Gasteiger partial charge in [-0.2, -0.15) is 13.2 Å². The molecule has 0 radical (unpaired) electrons. The number of alkyl halides is 3. The molecule has 1 aromatic carbocycles. The SMILES string of the molecule is CNC(Cc1ccc(C(F)(F)F)cc1)c1csc(C)c1. The Morgan fingerprint density at radius 3 is 2.30 bits per heavy atom. The molecule has 1 unspecified atom stereocenters. The highest BCUT2D eigenvalue weighted by molar-refractivity contribution is 7.10. The van der Waals surface area contributed by atoms with Crippen LogP contribution >= 0.6 is 11.3 Å². The van der Waals surface area contributed by atoms with E-state index in [1.807, 2.05) is 14.0 Å². The van der Waals surface area contributed by atoms with Crippen LogP contribution in [0.2, 0.25) is 0 Å². The second-order valence-electron chi connectivity index (χ2n) is 4.73. The van der Waals surface area contributed by atoms with Crippen LogP contribution in [0.3, 0.4) is 0 Å². The van der Waals surface area contributed by atoms with Crippen LogP contribution in [0.5, 0.6) is 0 Å². The molecule has 0 fully saturated rings. The van der Waals surface area contributed by atoms with Crippen LogP contribution in [0, 0.1) is 6.92 Å². The number of hydrogen-bond acceptors (Lipinski definition) is 2. The van der Waals surface area contributed by atoms with Gasteiger partial charge in [-0.3, -0.25) is 0 Å². The summed E-state index contributed by atoms with van der Waals surface area (Å²) in [5.41, 5.74) is 1.46. The summed E-state index contributed by atoms with van der Waals surface area (Å²) in [6.45, 7) is 2.04. The first-order valence-corrected chi connectivity index (χ1v) is 7.16. The van der Waals surface area contributed by atoms with Gasteiger partial charge >= 0.3 is 6.18 Å². The van der Waals surface area contributed by atoms with E-state index < -0.39 is 11.7 Å². The number of hydrogen-bond donors (Lipinski definition) is 1. The maximum atomic E-state index is 12.5. The molecule has 0 spiro atoms. The molecule has 1 N–H and O–H groups in total. The van der Waals surface area contributed by atoms with Gasteiger partial charge in [-0.25, -0.2) is 0 Å². The zero-order valence-corrected chi connectivity index (χ0v) is 12.1. The van der Waals surface area contributed by atoms with E-state index in [0.717, 1.165) is 17.7 Å². The Hall–Kier alpha value is -1.33. The molecule has 20 heavy (non-hydrogen) atoms. The Bertz CT molecular complexity index is 557. The Kier molecular flexibility index (Phi) is 4.50. The minimum absolute atomic E-state index is 0.122. The molecule has 0 aliphatic carbocycles. The molecule has 1 nitrogen and oxygen atoms in total. The normalized spacial score (nSPS) is 13.4. The van der Waals surface area contributed by atoms with Gasteiger partial charge in [0.2, 0.25) is 0 Å². The van der Waals surface area contributed by atoms with Crippen LogP contribution in [-0.4, -0.2) is 7.05 Å². The topological polar surface area (TPSA) is 12.0 Å². The minimum atomic E-state index is -4.27. The van der Waals surface area contributed by atoms with Crippen molar-refractivity contribution in [2.75, 3.05) is 7.05 Å². The molecule has 1 atom stereocenters. The van der Waals surface area contributed by atoms with Crippen molar-refractivity contribution in [3.05, 3.63) is 57.3 Å². The Morgan fingerprint density at radius 2 is 1.85 bits per heavy atom. The van der Waals surface area contributed by atoms with Gasteiger partial charge in [0.05, 0.1) is 5.56 Å². The summed E-state index contributed by atoms with van der Waals surface area (Å²) < 4.78 is 37.5. The molecule has 0 saturated heterocycles. The standard InChI is InChI=1S/C15H16F3NS/c1-10-7-12(9-20-10)14(19-2)8-11-3-5-13(6-4-11)15(16,17)18/h3-7,9,14,19H,8H2,1-2H3. The van der Waals surface area contributed by atoms with Crippen molar-refractivity contribution in [1.29, 1.82) is 0 Å². The van der Waals surface area contributed by atoms with Crippen molar-refractivity contribution < 1.29 is 13.2 Å². The summed E-state index contributed by atoms with van der Waals surface area (Å²) in [5.74, 6) is 0. The maximum Gasteiger partial charge on any atom is 0.416 e. The van der Waals surface area contributed by atoms with Crippen LogP contribution < -0.4 is 5.32 Å². The number of likely N-dealkylation sites (N-methyl/N-ethyl adjacent to an activating group) is 1. The van der Waals surface area contributed by atoms with E-state index >= 15 is 0 Å². The summed E-state index contributed by atoms with van der Waals surface area (Å²) in [6.07, 6.45) is -3.60. The third-order valence-corrected chi connectivity index (χ3v) is 4.10. The molecule has 0 bridgehead atoms. The Labute approximate surface area is 120 Å². The predicted octanol–water partition coefficient (Wildman–Crippen LogP) is 4.58. The molecule has 0 aliphatic rings. The first kappa shape index (κ1) is 15.1. The zero-order chi connectivity index (χ0) is 14.8.